The van der Waals surface area contributed by atoms with Crippen LogP contribution in [0, 0.1) is 21.8 Å². The summed E-state index contributed by atoms with van der Waals surface area (Å²) in [7, 11) is 0. The van der Waals surface area contributed by atoms with Crippen molar-refractivity contribution in [1.29, 1.82) is 0 Å². The Morgan fingerprint density at radius 1 is 1.58 bits per heavy atom. The van der Waals surface area contributed by atoms with E-state index < -0.39 is 16.4 Å². The lowest BCUT2D eigenvalue weighted by Gasteiger charge is -2.10. The number of hydrogen-bond donors (Lipinski definition) is 2. The van der Waals surface area contributed by atoms with Crippen LogP contribution >= 0.6 is 0 Å². The molecular weight excluding hydrogens is 253 g/mol. The molecule has 1 unspecified atom stereocenters. The Kier molecular flexibility index (Phi) is 3.75. The van der Waals surface area contributed by atoms with Gasteiger partial charge < -0.3 is 11.1 Å². The molecule has 1 amide bonds. The molecule has 3 N–H and O–H groups in total. The Bertz CT molecular complexity index is 517. The van der Waals surface area contributed by atoms with Crippen molar-refractivity contribution in [2.45, 2.75) is 25.3 Å². The van der Waals surface area contributed by atoms with Crippen LogP contribution in [0.2, 0.25) is 0 Å². The summed E-state index contributed by atoms with van der Waals surface area (Å²) in [4.78, 5) is 21.4. The minimum absolute atomic E-state index is 0.163. The monoisotopic (exact) mass is 267 g/mol. The highest BCUT2D eigenvalue weighted by molar-refractivity contribution is 5.91. The quantitative estimate of drug-likeness (QED) is 0.627. The molecule has 0 radical (unpaired) electrons. The van der Waals surface area contributed by atoms with Crippen LogP contribution in [0.15, 0.2) is 18.2 Å². The summed E-state index contributed by atoms with van der Waals surface area (Å²) in [6.45, 7) is 0. The molecular formula is C12H14FN3O3. The van der Waals surface area contributed by atoms with Crippen LogP contribution in [-0.4, -0.2) is 16.9 Å². The maximum atomic E-state index is 13.1. The fraction of sp³-hybridized carbons (Fsp3) is 0.417. The van der Waals surface area contributed by atoms with Crippen molar-refractivity contribution >= 4 is 17.3 Å². The van der Waals surface area contributed by atoms with E-state index in [1.54, 1.807) is 0 Å². The van der Waals surface area contributed by atoms with Crippen molar-refractivity contribution < 1.29 is 14.1 Å². The molecule has 1 atom stereocenters. The number of nitrogens with two attached hydrogens (primary N) is 1. The van der Waals surface area contributed by atoms with Crippen molar-refractivity contribution in [1.82, 2.24) is 0 Å². The van der Waals surface area contributed by atoms with Crippen LogP contribution in [0.3, 0.4) is 0 Å². The fourth-order valence-corrected chi connectivity index (χ4v) is 1.85. The van der Waals surface area contributed by atoms with Gasteiger partial charge in [-0.15, -0.1) is 0 Å². The van der Waals surface area contributed by atoms with E-state index in [0.717, 1.165) is 25.0 Å². The van der Waals surface area contributed by atoms with Crippen LogP contribution in [0.4, 0.5) is 15.8 Å². The lowest BCUT2D eigenvalue weighted by Crippen LogP contribution is -2.28. The van der Waals surface area contributed by atoms with Crippen LogP contribution in [0.1, 0.15) is 19.3 Å². The second-order valence-electron chi connectivity index (χ2n) is 4.68. The summed E-state index contributed by atoms with van der Waals surface area (Å²) in [5.74, 6) is -0.855. The van der Waals surface area contributed by atoms with E-state index in [1.165, 1.54) is 6.07 Å². The lowest BCUT2D eigenvalue weighted by atomic mass is 10.1. The second-order valence-corrected chi connectivity index (χ2v) is 4.68. The van der Waals surface area contributed by atoms with E-state index in [2.05, 4.69) is 5.32 Å². The summed E-state index contributed by atoms with van der Waals surface area (Å²) in [5, 5.41) is 13.1. The van der Waals surface area contributed by atoms with Crippen LogP contribution in [-0.2, 0) is 4.79 Å². The van der Waals surface area contributed by atoms with Gasteiger partial charge in [0.15, 0.2) is 0 Å². The normalized spacial score (nSPS) is 15.9. The number of hydrogen-bond acceptors (Lipinski definition) is 4. The molecule has 6 nitrogen and oxygen atoms in total. The molecule has 1 fully saturated rings. The molecule has 0 spiro atoms. The predicted octanol–water partition coefficient (Wildman–Crippen LogP) is 1.80. The summed E-state index contributed by atoms with van der Waals surface area (Å²) in [6, 6.07) is 3.04. The first-order valence-corrected chi connectivity index (χ1v) is 5.96. The van der Waals surface area contributed by atoms with Crippen molar-refractivity contribution in [2.75, 3.05) is 5.32 Å². The second kappa shape index (κ2) is 5.31. The topological polar surface area (TPSA) is 98.3 Å². The zero-order valence-corrected chi connectivity index (χ0v) is 10.1. The van der Waals surface area contributed by atoms with Gasteiger partial charge in [-0.3, -0.25) is 14.9 Å². The zero-order chi connectivity index (χ0) is 14.0. The maximum Gasteiger partial charge on any atom is 0.306 e. The van der Waals surface area contributed by atoms with E-state index in [-0.39, 0.29) is 24.1 Å². The Morgan fingerprint density at radius 3 is 2.84 bits per heavy atom. The van der Waals surface area contributed by atoms with Crippen LogP contribution < -0.4 is 11.1 Å². The molecule has 1 saturated carbocycles. The molecule has 2 rings (SSSR count). The Morgan fingerprint density at radius 2 is 2.26 bits per heavy atom. The summed E-state index contributed by atoms with van der Waals surface area (Å²) >= 11 is 0. The van der Waals surface area contributed by atoms with Crippen molar-refractivity contribution in [3.63, 3.8) is 0 Å². The summed E-state index contributed by atoms with van der Waals surface area (Å²) in [5.41, 5.74) is 5.34. The molecule has 19 heavy (non-hydrogen) atoms. The fourth-order valence-electron chi connectivity index (χ4n) is 1.85. The first kappa shape index (κ1) is 13.4. The van der Waals surface area contributed by atoms with E-state index in [0.29, 0.717) is 5.92 Å². The first-order valence-electron chi connectivity index (χ1n) is 5.96. The molecule has 0 aromatic heterocycles. The predicted molar refractivity (Wildman–Crippen MR) is 67.0 cm³/mol. The van der Waals surface area contributed by atoms with Crippen molar-refractivity contribution in [3.8, 4) is 0 Å². The van der Waals surface area contributed by atoms with Crippen molar-refractivity contribution in [3.05, 3.63) is 34.1 Å². The van der Waals surface area contributed by atoms with Gasteiger partial charge in [0.2, 0.25) is 11.7 Å². The zero-order valence-electron chi connectivity index (χ0n) is 10.1. The van der Waals surface area contributed by atoms with E-state index in [1.807, 2.05) is 0 Å². The number of carbonyl (C=O) groups excluding carboxylic acids is 1. The third-order valence-electron chi connectivity index (χ3n) is 3.08. The van der Waals surface area contributed by atoms with E-state index in [9.17, 15) is 19.3 Å². The number of halogens is 1. The highest BCUT2D eigenvalue weighted by Gasteiger charge is 2.29. The number of nitro groups is 1. The number of benzene rings is 1. The summed E-state index contributed by atoms with van der Waals surface area (Å²) in [6.07, 6.45) is 2.24. The number of nitrogens with one attached hydrogen (secondary N) is 1. The number of carbonyl (C=O) groups is 1. The minimum Gasteiger partial charge on any atom is -0.327 e. The molecule has 0 saturated heterocycles. The highest BCUT2D eigenvalue weighted by Crippen LogP contribution is 2.33. The van der Waals surface area contributed by atoms with Gasteiger partial charge in [0.1, 0.15) is 0 Å². The van der Waals surface area contributed by atoms with E-state index in [4.69, 9.17) is 5.73 Å². The molecule has 0 bridgehead atoms. The molecule has 1 aromatic rings. The molecule has 1 aliphatic rings. The van der Waals surface area contributed by atoms with Crippen LogP contribution in [0.25, 0.3) is 0 Å². The average Bonchev–Trinajstić information content (AvgIpc) is 3.15. The van der Waals surface area contributed by atoms with E-state index >= 15 is 0 Å². The van der Waals surface area contributed by atoms with Gasteiger partial charge >= 0.3 is 5.69 Å². The third-order valence-corrected chi connectivity index (χ3v) is 3.08. The molecule has 0 heterocycles. The van der Waals surface area contributed by atoms with Gasteiger partial charge in [0.25, 0.3) is 0 Å². The largest absolute Gasteiger partial charge is 0.327 e. The number of amides is 1. The first-order chi connectivity index (χ1) is 8.97. The molecule has 102 valence electrons. The number of anilines is 1. The number of rotatable bonds is 5. The third kappa shape index (κ3) is 3.47. The summed E-state index contributed by atoms with van der Waals surface area (Å²) < 4.78 is 13.1. The average molecular weight is 267 g/mol. The number of nitrogens with zero attached hydrogens (tertiary/aromatic N) is 1. The molecule has 1 aliphatic carbocycles. The Balaban J connectivity index is 2.00. The highest BCUT2D eigenvalue weighted by atomic mass is 19.1. The SMILES string of the molecule is NC(CC(=O)Nc1ccc(F)c([N+](=O)[O-])c1)C1CC1. The van der Waals surface area contributed by atoms with Gasteiger partial charge in [-0.1, -0.05) is 0 Å². The van der Waals surface area contributed by atoms with Gasteiger partial charge in [0.05, 0.1) is 4.92 Å². The molecule has 0 aliphatic heterocycles. The maximum absolute atomic E-state index is 13.1. The molecule has 7 heteroatoms. The molecule has 1 aromatic carbocycles. The minimum atomic E-state index is -0.933. The van der Waals surface area contributed by atoms with Gasteiger partial charge in [0, 0.05) is 24.2 Å². The lowest BCUT2D eigenvalue weighted by molar-refractivity contribution is -0.387. The van der Waals surface area contributed by atoms with Crippen LogP contribution in [0.5, 0.6) is 0 Å². The Hall–Kier alpha value is -2.02. The van der Waals surface area contributed by atoms with Gasteiger partial charge in [-0.05, 0) is 30.9 Å². The number of nitro benzene ring substituents is 1. The van der Waals surface area contributed by atoms with Gasteiger partial charge in [-0.2, -0.15) is 4.39 Å². The smallest absolute Gasteiger partial charge is 0.306 e. The van der Waals surface area contributed by atoms with Crippen molar-refractivity contribution in [2.24, 2.45) is 11.7 Å². The van der Waals surface area contributed by atoms with Gasteiger partial charge in [-0.25, -0.2) is 0 Å². The Labute approximate surface area is 108 Å². The standard InChI is InChI=1S/C12H14FN3O3/c13-9-4-3-8(5-11(9)16(18)19)15-12(17)6-10(14)7-1-2-7/h3-5,7,10H,1-2,6,14H2,(H,15,17).